The molecule has 2 amide bonds. The average molecular weight is 268 g/mol. The molecule has 2 atom stereocenters. The molecule has 2 fully saturated rings. The van der Waals surface area contributed by atoms with Gasteiger partial charge in [-0.25, -0.2) is 4.79 Å². The Morgan fingerprint density at radius 1 is 1.32 bits per heavy atom. The monoisotopic (exact) mass is 268 g/mol. The lowest BCUT2D eigenvalue weighted by Gasteiger charge is -2.39. The zero-order chi connectivity index (χ0) is 14.0. The lowest BCUT2D eigenvalue weighted by Crippen LogP contribution is -2.52. The number of carboxylic acid groups (broad SMARTS) is 1. The van der Waals surface area contributed by atoms with Gasteiger partial charge in [0.15, 0.2) is 0 Å². The van der Waals surface area contributed by atoms with Crippen molar-refractivity contribution in [2.45, 2.75) is 57.5 Å². The van der Waals surface area contributed by atoms with Crippen LogP contribution in [0.2, 0.25) is 0 Å². The maximum absolute atomic E-state index is 12.5. The number of piperidine rings is 1. The first-order chi connectivity index (χ1) is 9.00. The van der Waals surface area contributed by atoms with Gasteiger partial charge in [-0.2, -0.15) is 0 Å². The second kappa shape index (κ2) is 5.80. The van der Waals surface area contributed by atoms with Crippen molar-refractivity contribution in [1.29, 1.82) is 0 Å². The van der Waals surface area contributed by atoms with Crippen molar-refractivity contribution < 1.29 is 14.7 Å². The van der Waals surface area contributed by atoms with Gasteiger partial charge in [0.05, 0.1) is 6.42 Å². The van der Waals surface area contributed by atoms with Gasteiger partial charge in [0.1, 0.15) is 0 Å². The lowest BCUT2D eigenvalue weighted by atomic mass is 9.99. The zero-order valence-corrected chi connectivity index (χ0v) is 11.8. The van der Waals surface area contributed by atoms with Gasteiger partial charge in [-0.3, -0.25) is 4.79 Å². The fourth-order valence-electron chi connectivity index (χ4n) is 2.94. The third-order valence-corrected chi connectivity index (χ3v) is 4.50. The van der Waals surface area contributed by atoms with Gasteiger partial charge < -0.3 is 14.9 Å². The largest absolute Gasteiger partial charge is 0.481 e. The van der Waals surface area contributed by atoms with E-state index in [2.05, 4.69) is 6.92 Å². The fourth-order valence-corrected chi connectivity index (χ4v) is 2.94. The Kier molecular flexibility index (Phi) is 4.32. The molecule has 0 aromatic heterocycles. The summed E-state index contributed by atoms with van der Waals surface area (Å²) in [5, 5.41) is 8.96. The Hall–Kier alpha value is -1.26. The van der Waals surface area contributed by atoms with Crippen LogP contribution < -0.4 is 0 Å². The molecule has 0 spiro atoms. The summed E-state index contributed by atoms with van der Waals surface area (Å²) in [5.74, 6) is -0.181. The summed E-state index contributed by atoms with van der Waals surface area (Å²) in [4.78, 5) is 27.0. The molecule has 1 saturated carbocycles. The van der Waals surface area contributed by atoms with E-state index < -0.39 is 5.97 Å². The molecule has 19 heavy (non-hydrogen) atoms. The Labute approximate surface area is 114 Å². The molecule has 0 bridgehead atoms. The molecule has 5 nitrogen and oxygen atoms in total. The van der Waals surface area contributed by atoms with E-state index in [4.69, 9.17) is 5.11 Å². The van der Waals surface area contributed by atoms with Gasteiger partial charge >= 0.3 is 12.0 Å². The standard InChI is InChI=1S/C14H24N2O3/c1-10(11-6-7-11)15(2)14(19)16-8-4-3-5-12(16)9-13(17)18/h10-12H,3-9H2,1-2H3,(H,17,18). The van der Waals surface area contributed by atoms with Gasteiger partial charge in [0.25, 0.3) is 0 Å². The first kappa shape index (κ1) is 14.2. The van der Waals surface area contributed by atoms with Crippen LogP contribution in [-0.2, 0) is 4.79 Å². The molecule has 108 valence electrons. The highest BCUT2D eigenvalue weighted by Crippen LogP contribution is 2.35. The topological polar surface area (TPSA) is 60.9 Å². The molecule has 1 aliphatic heterocycles. The van der Waals surface area contributed by atoms with Gasteiger partial charge in [-0.1, -0.05) is 0 Å². The maximum Gasteiger partial charge on any atom is 0.320 e. The Bertz CT molecular complexity index is 355. The molecule has 1 saturated heterocycles. The fraction of sp³-hybridized carbons (Fsp3) is 0.857. The predicted octanol–water partition coefficient (Wildman–Crippen LogP) is 2.17. The van der Waals surface area contributed by atoms with Crippen LogP contribution >= 0.6 is 0 Å². The van der Waals surface area contributed by atoms with Crippen molar-refractivity contribution in [3.63, 3.8) is 0 Å². The van der Waals surface area contributed by atoms with Crippen LogP contribution in [0.3, 0.4) is 0 Å². The van der Waals surface area contributed by atoms with Gasteiger partial charge in [-0.05, 0) is 44.9 Å². The molecule has 2 rings (SSSR count). The second-order valence-electron chi connectivity index (χ2n) is 5.91. The summed E-state index contributed by atoms with van der Waals surface area (Å²) in [6, 6.07) is 0.137. The first-order valence-electron chi connectivity index (χ1n) is 7.26. The van der Waals surface area contributed by atoms with Crippen molar-refractivity contribution in [2.75, 3.05) is 13.6 Å². The molecule has 0 radical (unpaired) electrons. The molecular formula is C14H24N2O3. The van der Waals surface area contributed by atoms with Gasteiger partial charge in [0, 0.05) is 25.7 Å². The van der Waals surface area contributed by atoms with Crippen molar-refractivity contribution >= 4 is 12.0 Å². The van der Waals surface area contributed by atoms with E-state index in [0.29, 0.717) is 12.5 Å². The van der Waals surface area contributed by atoms with Crippen LogP contribution in [0, 0.1) is 5.92 Å². The number of nitrogens with zero attached hydrogens (tertiary/aromatic N) is 2. The van der Waals surface area contributed by atoms with Gasteiger partial charge in [-0.15, -0.1) is 0 Å². The summed E-state index contributed by atoms with van der Waals surface area (Å²) >= 11 is 0. The number of amides is 2. The molecule has 0 aromatic rings. The Morgan fingerprint density at radius 2 is 2.00 bits per heavy atom. The predicted molar refractivity (Wildman–Crippen MR) is 71.9 cm³/mol. The number of carboxylic acids is 1. The first-order valence-corrected chi connectivity index (χ1v) is 7.26. The number of aliphatic carboxylic acids is 1. The molecule has 2 aliphatic rings. The average Bonchev–Trinajstić information content (AvgIpc) is 3.20. The van der Waals surface area contributed by atoms with Crippen LogP contribution in [0.15, 0.2) is 0 Å². The quantitative estimate of drug-likeness (QED) is 0.850. The third-order valence-electron chi connectivity index (χ3n) is 4.50. The number of carbonyl (C=O) groups is 2. The van der Waals surface area contributed by atoms with Crippen LogP contribution in [0.4, 0.5) is 4.79 Å². The van der Waals surface area contributed by atoms with E-state index in [9.17, 15) is 9.59 Å². The van der Waals surface area contributed by atoms with E-state index in [1.165, 1.54) is 12.8 Å². The molecule has 1 heterocycles. The number of likely N-dealkylation sites (tertiary alicyclic amines) is 1. The number of rotatable bonds is 4. The van der Waals surface area contributed by atoms with Crippen LogP contribution in [0.5, 0.6) is 0 Å². The number of carbonyl (C=O) groups excluding carboxylic acids is 1. The minimum atomic E-state index is -0.817. The maximum atomic E-state index is 12.5. The minimum Gasteiger partial charge on any atom is -0.481 e. The van der Waals surface area contributed by atoms with E-state index in [0.717, 1.165) is 19.3 Å². The van der Waals surface area contributed by atoms with Crippen LogP contribution in [0.1, 0.15) is 45.4 Å². The summed E-state index contributed by atoms with van der Waals surface area (Å²) < 4.78 is 0. The lowest BCUT2D eigenvalue weighted by molar-refractivity contribution is -0.138. The van der Waals surface area contributed by atoms with Gasteiger partial charge in [0.2, 0.25) is 0 Å². The van der Waals surface area contributed by atoms with Crippen LogP contribution in [-0.4, -0.2) is 52.6 Å². The van der Waals surface area contributed by atoms with Crippen molar-refractivity contribution in [3.8, 4) is 0 Å². The normalized spacial score (nSPS) is 24.9. The highest BCUT2D eigenvalue weighted by atomic mass is 16.4. The summed E-state index contributed by atoms with van der Waals surface area (Å²) in [6.07, 6.45) is 5.28. The minimum absolute atomic E-state index is 0.00495. The highest BCUT2D eigenvalue weighted by Gasteiger charge is 2.36. The van der Waals surface area contributed by atoms with E-state index in [1.807, 2.05) is 7.05 Å². The van der Waals surface area contributed by atoms with Crippen molar-refractivity contribution in [1.82, 2.24) is 9.80 Å². The van der Waals surface area contributed by atoms with Crippen molar-refractivity contribution in [2.24, 2.45) is 5.92 Å². The summed E-state index contributed by atoms with van der Waals surface area (Å²) in [5.41, 5.74) is 0. The zero-order valence-electron chi connectivity index (χ0n) is 11.8. The molecule has 1 aliphatic carbocycles. The Balaban J connectivity index is 1.99. The van der Waals surface area contributed by atoms with E-state index >= 15 is 0 Å². The second-order valence-corrected chi connectivity index (χ2v) is 5.91. The third kappa shape index (κ3) is 3.39. The highest BCUT2D eigenvalue weighted by molar-refractivity contribution is 5.76. The molecule has 5 heteroatoms. The number of hydrogen-bond acceptors (Lipinski definition) is 2. The Morgan fingerprint density at radius 3 is 2.58 bits per heavy atom. The molecule has 1 N–H and O–H groups in total. The number of urea groups is 1. The SMILES string of the molecule is CC(C1CC1)N(C)C(=O)N1CCCCC1CC(=O)O. The summed E-state index contributed by atoms with van der Waals surface area (Å²) in [7, 11) is 1.84. The molecule has 0 aromatic carbocycles. The molecule has 2 unspecified atom stereocenters. The molecular weight excluding hydrogens is 244 g/mol. The van der Waals surface area contributed by atoms with Crippen LogP contribution in [0.25, 0.3) is 0 Å². The van der Waals surface area contributed by atoms with E-state index in [-0.39, 0.29) is 24.5 Å². The smallest absolute Gasteiger partial charge is 0.320 e. The summed E-state index contributed by atoms with van der Waals surface area (Å²) in [6.45, 7) is 2.78. The number of hydrogen-bond donors (Lipinski definition) is 1. The van der Waals surface area contributed by atoms with E-state index in [1.54, 1.807) is 9.80 Å². The van der Waals surface area contributed by atoms with Crippen molar-refractivity contribution in [3.05, 3.63) is 0 Å².